The third-order valence-corrected chi connectivity index (χ3v) is 7.17. The van der Waals surface area contributed by atoms with E-state index in [2.05, 4.69) is 38.1 Å². The molecular weight excluding hydrogens is 496 g/mol. The van der Waals surface area contributed by atoms with E-state index in [1.807, 2.05) is 55.5 Å². The molecule has 0 atom stereocenters. The Morgan fingerprint density at radius 2 is 1.32 bits per heavy atom. The molecule has 0 unspecified atom stereocenters. The third-order valence-electron chi connectivity index (χ3n) is 6.89. The van der Waals surface area contributed by atoms with Crippen molar-refractivity contribution < 1.29 is 19.0 Å². The summed E-state index contributed by atoms with van der Waals surface area (Å²) in [7, 11) is 3.32. The number of benzene rings is 4. The van der Waals surface area contributed by atoms with Crippen molar-refractivity contribution in [1.29, 1.82) is 0 Å². The fourth-order valence-electron chi connectivity index (χ4n) is 4.45. The highest BCUT2D eigenvalue weighted by Crippen LogP contribution is 2.37. The summed E-state index contributed by atoms with van der Waals surface area (Å²) in [5, 5.41) is 0. The molecule has 0 bridgehead atoms. The molecule has 4 rings (SSSR count). The van der Waals surface area contributed by atoms with Crippen molar-refractivity contribution in [3.8, 4) is 17.2 Å². The molecule has 0 saturated heterocycles. The van der Waals surface area contributed by atoms with Crippen LogP contribution in [0.15, 0.2) is 84.9 Å². The van der Waals surface area contributed by atoms with Crippen molar-refractivity contribution in [2.75, 3.05) is 14.2 Å². The van der Waals surface area contributed by atoms with E-state index in [4.69, 9.17) is 25.8 Å². The molecule has 4 aromatic rings. The summed E-state index contributed by atoms with van der Waals surface area (Å²) >= 11 is 6.18. The van der Waals surface area contributed by atoms with Gasteiger partial charge in [-0.3, -0.25) is 4.79 Å². The van der Waals surface area contributed by atoms with Gasteiger partial charge in [0, 0.05) is 34.8 Å². The van der Waals surface area contributed by atoms with Crippen molar-refractivity contribution in [3.63, 3.8) is 0 Å². The summed E-state index contributed by atoms with van der Waals surface area (Å²) in [6.07, 6.45) is 0. The Bertz CT molecular complexity index is 1410. The number of ether oxygens (including phenoxy) is 3. The Morgan fingerprint density at radius 1 is 0.763 bits per heavy atom. The average molecular weight is 529 g/mol. The smallest absolute Gasteiger partial charge is 0.193 e. The van der Waals surface area contributed by atoms with Crippen molar-refractivity contribution in [2.24, 2.45) is 0 Å². The van der Waals surface area contributed by atoms with Crippen molar-refractivity contribution in [2.45, 2.75) is 38.7 Å². The van der Waals surface area contributed by atoms with Crippen LogP contribution in [0.3, 0.4) is 0 Å². The van der Waals surface area contributed by atoms with Crippen LogP contribution in [0.25, 0.3) is 0 Å². The summed E-state index contributed by atoms with van der Waals surface area (Å²) in [6, 6.07) is 27.1. The van der Waals surface area contributed by atoms with Crippen LogP contribution in [-0.4, -0.2) is 20.0 Å². The maximum atomic E-state index is 12.8. The number of aryl methyl sites for hydroxylation is 1. The summed E-state index contributed by atoms with van der Waals surface area (Å²) in [5.41, 5.74) is 6.28. The SMILES string of the molecule is COCc1cc(C(C)(C)c2ccc(OC)c(CCl)c2)ccc1Oc1ccc(C(=O)c2ccc(C)cc2)cc1. The second kappa shape index (κ2) is 11.8. The normalized spacial score (nSPS) is 11.3. The lowest BCUT2D eigenvalue weighted by molar-refractivity contribution is 0.103. The van der Waals surface area contributed by atoms with Crippen LogP contribution in [0.5, 0.6) is 17.2 Å². The minimum Gasteiger partial charge on any atom is -0.496 e. The Balaban J connectivity index is 1.58. The van der Waals surface area contributed by atoms with E-state index in [0.29, 0.717) is 35.1 Å². The van der Waals surface area contributed by atoms with Crippen LogP contribution in [0.1, 0.15) is 57.6 Å². The molecule has 0 heterocycles. The number of methoxy groups -OCH3 is 2. The molecule has 0 spiro atoms. The molecule has 0 radical (unpaired) electrons. The predicted octanol–water partition coefficient (Wildman–Crippen LogP) is 8.24. The molecule has 0 N–H and O–H groups in total. The molecule has 0 aliphatic carbocycles. The van der Waals surface area contributed by atoms with Gasteiger partial charge in [0.05, 0.1) is 19.6 Å². The van der Waals surface area contributed by atoms with E-state index in [9.17, 15) is 4.79 Å². The van der Waals surface area contributed by atoms with Crippen LogP contribution < -0.4 is 9.47 Å². The molecule has 0 aliphatic rings. The minimum absolute atomic E-state index is 0.0148. The summed E-state index contributed by atoms with van der Waals surface area (Å²) < 4.78 is 17.2. The van der Waals surface area contributed by atoms with E-state index in [1.165, 1.54) is 0 Å². The van der Waals surface area contributed by atoms with Gasteiger partial charge in [0.25, 0.3) is 0 Å². The van der Waals surface area contributed by atoms with Gasteiger partial charge in [0.15, 0.2) is 5.78 Å². The van der Waals surface area contributed by atoms with Crippen LogP contribution in [0.2, 0.25) is 0 Å². The van der Waals surface area contributed by atoms with E-state index in [1.54, 1.807) is 26.4 Å². The predicted molar refractivity (Wildman–Crippen MR) is 153 cm³/mol. The molecule has 196 valence electrons. The van der Waals surface area contributed by atoms with Gasteiger partial charge in [-0.2, -0.15) is 0 Å². The number of rotatable bonds is 10. The Labute approximate surface area is 230 Å². The van der Waals surface area contributed by atoms with Gasteiger partial charge in [-0.1, -0.05) is 61.9 Å². The van der Waals surface area contributed by atoms with Crippen molar-refractivity contribution >= 4 is 17.4 Å². The Morgan fingerprint density at radius 3 is 1.87 bits per heavy atom. The Hall–Kier alpha value is -3.60. The molecule has 0 fully saturated rings. The van der Waals surface area contributed by atoms with Crippen molar-refractivity contribution in [1.82, 2.24) is 0 Å². The lowest BCUT2D eigenvalue weighted by Gasteiger charge is -2.28. The molecule has 38 heavy (non-hydrogen) atoms. The van der Waals surface area contributed by atoms with E-state index in [-0.39, 0.29) is 11.2 Å². The quantitative estimate of drug-likeness (QED) is 0.153. The highest BCUT2D eigenvalue weighted by Gasteiger charge is 2.25. The number of ketones is 1. The molecule has 4 nitrogen and oxygen atoms in total. The second-order valence-electron chi connectivity index (χ2n) is 9.86. The van der Waals surface area contributed by atoms with Gasteiger partial charge in [-0.15, -0.1) is 11.6 Å². The fraction of sp³-hybridized carbons (Fsp3) is 0.242. The zero-order valence-corrected chi connectivity index (χ0v) is 23.3. The summed E-state index contributed by atoms with van der Waals surface area (Å²) in [6.45, 7) is 6.77. The average Bonchev–Trinajstić information content (AvgIpc) is 2.94. The van der Waals surface area contributed by atoms with Gasteiger partial charge < -0.3 is 14.2 Å². The Kier molecular flexibility index (Phi) is 8.55. The topological polar surface area (TPSA) is 44.8 Å². The number of halogens is 1. The van der Waals surface area contributed by atoms with E-state index < -0.39 is 0 Å². The van der Waals surface area contributed by atoms with Crippen LogP contribution in [0, 0.1) is 6.92 Å². The number of alkyl halides is 1. The first-order valence-corrected chi connectivity index (χ1v) is 13.0. The number of carbonyl (C=O) groups excluding carboxylic acids is 1. The van der Waals surface area contributed by atoms with Gasteiger partial charge >= 0.3 is 0 Å². The summed E-state index contributed by atoms with van der Waals surface area (Å²) in [4.78, 5) is 12.8. The van der Waals surface area contributed by atoms with Crippen LogP contribution >= 0.6 is 11.6 Å². The molecule has 0 aliphatic heterocycles. The second-order valence-corrected chi connectivity index (χ2v) is 10.1. The van der Waals surface area contributed by atoms with Gasteiger partial charge in [0.2, 0.25) is 0 Å². The standard InChI is InChI=1S/C33H33ClO4/c1-22-6-8-23(9-7-22)32(35)24-10-14-29(15-11-24)38-31-17-13-28(19-26(31)21-36-4)33(2,3)27-12-16-30(37-5)25(18-27)20-34/h6-19H,20-21H2,1-5H3. The number of hydrogen-bond acceptors (Lipinski definition) is 4. The zero-order valence-electron chi connectivity index (χ0n) is 22.5. The molecule has 0 saturated carbocycles. The van der Waals surface area contributed by atoms with Gasteiger partial charge in [-0.05, 0) is 60.5 Å². The highest BCUT2D eigenvalue weighted by molar-refractivity contribution is 6.17. The maximum absolute atomic E-state index is 12.8. The lowest BCUT2D eigenvalue weighted by Crippen LogP contribution is -2.19. The summed E-state index contributed by atoms with van der Waals surface area (Å²) in [5.74, 6) is 2.51. The first-order valence-electron chi connectivity index (χ1n) is 12.5. The zero-order chi connectivity index (χ0) is 27.3. The lowest BCUT2D eigenvalue weighted by atomic mass is 9.77. The molecular formula is C33H33ClO4. The first kappa shape index (κ1) is 27.4. The molecule has 0 amide bonds. The largest absolute Gasteiger partial charge is 0.496 e. The van der Waals surface area contributed by atoms with E-state index >= 15 is 0 Å². The van der Waals surface area contributed by atoms with Crippen molar-refractivity contribution in [3.05, 3.63) is 124 Å². The maximum Gasteiger partial charge on any atom is 0.193 e. The molecule has 0 aromatic heterocycles. The van der Waals surface area contributed by atoms with Gasteiger partial charge in [-0.25, -0.2) is 0 Å². The van der Waals surface area contributed by atoms with E-state index in [0.717, 1.165) is 33.6 Å². The monoisotopic (exact) mass is 528 g/mol. The highest BCUT2D eigenvalue weighted by atomic mass is 35.5. The number of carbonyl (C=O) groups is 1. The number of hydrogen-bond donors (Lipinski definition) is 0. The van der Waals surface area contributed by atoms with Crippen LogP contribution in [0.4, 0.5) is 0 Å². The molecule has 4 aromatic carbocycles. The fourth-order valence-corrected chi connectivity index (χ4v) is 4.66. The van der Waals surface area contributed by atoms with Gasteiger partial charge in [0.1, 0.15) is 17.2 Å². The molecule has 5 heteroatoms. The van der Waals surface area contributed by atoms with Crippen LogP contribution in [-0.2, 0) is 22.6 Å². The first-order chi connectivity index (χ1) is 18.3. The minimum atomic E-state index is -0.286. The third kappa shape index (κ3) is 5.93.